The van der Waals surface area contributed by atoms with Crippen LogP contribution >= 0.6 is 11.3 Å². The number of thiophene rings is 1. The first kappa shape index (κ1) is 14.4. The van der Waals surface area contributed by atoms with Crippen molar-refractivity contribution in [2.24, 2.45) is 0 Å². The zero-order valence-electron chi connectivity index (χ0n) is 13.4. The Morgan fingerprint density at radius 2 is 1.83 bits per heavy atom. The molecule has 1 saturated carbocycles. The van der Waals surface area contributed by atoms with Crippen molar-refractivity contribution in [2.45, 2.75) is 37.8 Å². The number of rotatable bonds is 4. The maximum Gasteiger partial charge on any atom is 0.186 e. The normalized spacial score (nSPS) is 19.2. The number of hydrogen-bond donors (Lipinski definition) is 1. The van der Waals surface area contributed by atoms with E-state index in [0.717, 1.165) is 42.0 Å². The lowest BCUT2D eigenvalue weighted by atomic mass is 10.1. The average molecular weight is 340 g/mol. The van der Waals surface area contributed by atoms with E-state index in [1.165, 1.54) is 25.7 Å². The Morgan fingerprint density at radius 1 is 1.00 bits per heavy atom. The van der Waals surface area contributed by atoms with Gasteiger partial charge in [-0.3, -0.25) is 0 Å². The monoisotopic (exact) mass is 340 g/mol. The van der Waals surface area contributed by atoms with Crippen molar-refractivity contribution in [3.63, 3.8) is 0 Å². The first-order chi connectivity index (χ1) is 11.9. The second kappa shape index (κ2) is 5.82. The van der Waals surface area contributed by atoms with Crippen LogP contribution in [0.3, 0.4) is 0 Å². The van der Waals surface area contributed by atoms with Crippen LogP contribution in [0.4, 0.5) is 5.82 Å². The Labute approximate surface area is 144 Å². The van der Waals surface area contributed by atoms with Gasteiger partial charge in [-0.2, -0.15) is 15.9 Å². The van der Waals surface area contributed by atoms with Gasteiger partial charge in [0.25, 0.3) is 0 Å². The number of aromatic nitrogens is 4. The highest BCUT2D eigenvalue weighted by Gasteiger charge is 2.27. The summed E-state index contributed by atoms with van der Waals surface area (Å²) in [5.74, 6) is 1.84. The average Bonchev–Trinajstić information content (AvgIpc) is 3.11. The van der Waals surface area contributed by atoms with E-state index in [1.807, 2.05) is 10.6 Å². The zero-order chi connectivity index (χ0) is 15.9. The Morgan fingerprint density at radius 3 is 2.58 bits per heavy atom. The van der Waals surface area contributed by atoms with Crippen molar-refractivity contribution in [1.82, 2.24) is 25.1 Å². The fraction of sp³-hybridized carbons (Fsp3) is 0.471. The topological polar surface area (TPSA) is 58.4 Å². The van der Waals surface area contributed by atoms with Crippen LogP contribution in [0.25, 0.3) is 17.0 Å². The molecule has 0 aromatic carbocycles. The first-order valence-electron chi connectivity index (χ1n) is 8.63. The molecule has 1 saturated heterocycles. The van der Waals surface area contributed by atoms with Gasteiger partial charge in [0.05, 0.1) is 0 Å². The van der Waals surface area contributed by atoms with Crippen molar-refractivity contribution >= 4 is 22.8 Å². The molecule has 0 amide bonds. The van der Waals surface area contributed by atoms with Gasteiger partial charge < -0.3 is 10.2 Å². The van der Waals surface area contributed by atoms with Gasteiger partial charge in [0, 0.05) is 36.1 Å². The summed E-state index contributed by atoms with van der Waals surface area (Å²) in [6.45, 7) is 2.11. The van der Waals surface area contributed by atoms with E-state index in [-0.39, 0.29) is 0 Å². The summed E-state index contributed by atoms with van der Waals surface area (Å²) in [6, 6.07) is 7.61. The van der Waals surface area contributed by atoms with Crippen LogP contribution in [-0.2, 0) is 0 Å². The van der Waals surface area contributed by atoms with E-state index >= 15 is 0 Å². The third kappa shape index (κ3) is 2.67. The Balaban J connectivity index is 1.38. The van der Waals surface area contributed by atoms with Crippen molar-refractivity contribution in [3.8, 4) is 11.4 Å². The molecule has 0 unspecified atom stereocenters. The SMILES string of the molecule is c1cc(-c2nnc3ccc(N4CCC(NC5CC5)CC4)nn23)cs1. The van der Waals surface area contributed by atoms with Crippen molar-refractivity contribution in [3.05, 3.63) is 29.0 Å². The largest absolute Gasteiger partial charge is 0.355 e. The summed E-state index contributed by atoms with van der Waals surface area (Å²) in [6.07, 6.45) is 5.10. The lowest BCUT2D eigenvalue weighted by Gasteiger charge is -2.33. The molecular formula is C17H20N6S. The molecule has 0 spiro atoms. The lowest BCUT2D eigenvalue weighted by molar-refractivity contribution is 0.411. The lowest BCUT2D eigenvalue weighted by Crippen LogP contribution is -2.43. The van der Waals surface area contributed by atoms with Crippen LogP contribution in [0.5, 0.6) is 0 Å². The third-order valence-corrected chi connectivity index (χ3v) is 5.58. The number of nitrogens with one attached hydrogen (secondary N) is 1. The fourth-order valence-electron chi connectivity index (χ4n) is 3.38. The molecular weight excluding hydrogens is 320 g/mol. The number of hydrogen-bond acceptors (Lipinski definition) is 6. The van der Waals surface area contributed by atoms with Crippen LogP contribution in [-0.4, -0.2) is 45.0 Å². The van der Waals surface area contributed by atoms with E-state index in [9.17, 15) is 0 Å². The number of fused-ring (bicyclic) bond motifs is 1. The van der Waals surface area contributed by atoms with Gasteiger partial charge in [0.2, 0.25) is 0 Å². The predicted octanol–water partition coefficient (Wildman–Crippen LogP) is 2.57. The molecule has 0 atom stereocenters. The highest BCUT2D eigenvalue weighted by atomic mass is 32.1. The minimum Gasteiger partial charge on any atom is -0.355 e. The molecule has 0 radical (unpaired) electrons. The first-order valence-corrected chi connectivity index (χ1v) is 9.57. The van der Waals surface area contributed by atoms with Gasteiger partial charge in [0.15, 0.2) is 11.5 Å². The van der Waals surface area contributed by atoms with Crippen molar-refractivity contribution in [2.75, 3.05) is 18.0 Å². The molecule has 0 bridgehead atoms. The van der Waals surface area contributed by atoms with Crippen LogP contribution in [0.1, 0.15) is 25.7 Å². The molecule has 3 aromatic heterocycles. The standard InChI is InChI=1S/C17H20N6S/c1-2-13(1)18-14-5-8-22(9-6-14)16-4-3-15-19-20-17(23(15)21-16)12-7-10-24-11-12/h3-4,7,10-11,13-14,18H,1-2,5-6,8-9H2. The van der Waals surface area contributed by atoms with Crippen molar-refractivity contribution in [1.29, 1.82) is 0 Å². The minimum atomic E-state index is 0.675. The maximum absolute atomic E-state index is 4.81. The van der Waals surface area contributed by atoms with Gasteiger partial charge >= 0.3 is 0 Å². The Hall–Kier alpha value is -1.99. The summed E-state index contributed by atoms with van der Waals surface area (Å²) in [7, 11) is 0. The summed E-state index contributed by atoms with van der Waals surface area (Å²) in [5.41, 5.74) is 1.87. The molecule has 4 heterocycles. The summed E-state index contributed by atoms with van der Waals surface area (Å²) >= 11 is 1.66. The second-order valence-electron chi connectivity index (χ2n) is 6.70. The number of nitrogens with zero attached hydrogens (tertiary/aromatic N) is 5. The maximum atomic E-state index is 4.81. The molecule has 24 heavy (non-hydrogen) atoms. The Kier molecular flexibility index (Phi) is 3.48. The fourth-order valence-corrected chi connectivity index (χ4v) is 4.01. The van der Waals surface area contributed by atoms with Crippen LogP contribution in [0.15, 0.2) is 29.0 Å². The van der Waals surface area contributed by atoms with Crippen LogP contribution in [0.2, 0.25) is 0 Å². The number of piperidine rings is 1. The van der Waals surface area contributed by atoms with Crippen molar-refractivity contribution < 1.29 is 0 Å². The molecule has 6 nitrogen and oxygen atoms in total. The molecule has 2 aliphatic rings. The Bertz CT molecular complexity index is 830. The molecule has 2 fully saturated rings. The second-order valence-corrected chi connectivity index (χ2v) is 7.48. The number of anilines is 1. The van der Waals surface area contributed by atoms with Gasteiger partial charge in [-0.05, 0) is 49.3 Å². The minimum absolute atomic E-state index is 0.675. The molecule has 1 aliphatic heterocycles. The van der Waals surface area contributed by atoms with E-state index < -0.39 is 0 Å². The van der Waals surface area contributed by atoms with Gasteiger partial charge in [-0.25, -0.2) is 0 Å². The van der Waals surface area contributed by atoms with E-state index in [4.69, 9.17) is 5.10 Å². The molecule has 1 aliphatic carbocycles. The molecule has 7 heteroatoms. The van der Waals surface area contributed by atoms with Gasteiger partial charge in [-0.1, -0.05) is 0 Å². The highest BCUT2D eigenvalue weighted by Crippen LogP contribution is 2.25. The van der Waals surface area contributed by atoms with E-state index in [2.05, 4.69) is 43.3 Å². The summed E-state index contributed by atoms with van der Waals surface area (Å²) in [4.78, 5) is 2.38. The molecule has 124 valence electrons. The van der Waals surface area contributed by atoms with Gasteiger partial charge in [-0.15, -0.1) is 15.3 Å². The van der Waals surface area contributed by atoms with Crippen LogP contribution in [0, 0.1) is 0 Å². The van der Waals surface area contributed by atoms with Crippen LogP contribution < -0.4 is 10.2 Å². The summed E-state index contributed by atoms with van der Waals surface area (Å²) < 4.78 is 1.87. The molecule has 1 N–H and O–H groups in total. The molecule has 3 aromatic rings. The third-order valence-electron chi connectivity index (χ3n) is 4.90. The quantitative estimate of drug-likeness (QED) is 0.791. The van der Waals surface area contributed by atoms with E-state index in [1.54, 1.807) is 11.3 Å². The van der Waals surface area contributed by atoms with E-state index in [0.29, 0.717) is 6.04 Å². The zero-order valence-corrected chi connectivity index (χ0v) is 14.2. The van der Waals surface area contributed by atoms with Gasteiger partial charge in [0.1, 0.15) is 5.82 Å². The predicted molar refractivity (Wildman–Crippen MR) is 95.5 cm³/mol. The highest BCUT2D eigenvalue weighted by molar-refractivity contribution is 7.08. The smallest absolute Gasteiger partial charge is 0.186 e. The summed E-state index contributed by atoms with van der Waals surface area (Å²) in [5, 5.41) is 21.2. The molecule has 5 rings (SSSR count).